The molecule has 1 N–H and O–H groups in total. The van der Waals surface area contributed by atoms with Crippen LogP contribution < -0.4 is 0 Å². The predicted octanol–water partition coefficient (Wildman–Crippen LogP) is 1.11. The highest BCUT2D eigenvalue weighted by Gasteiger charge is 1.34. The van der Waals surface area contributed by atoms with Crippen LogP contribution >= 0.6 is 12.0 Å². The Kier molecular flexibility index (Phi) is 54.3. The van der Waals surface area contributed by atoms with Crippen molar-refractivity contribution in [3.63, 3.8) is 0 Å². The Morgan fingerprint density at radius 3 is 1.80 bits per heavy atom. The quantitative estimate of drug-likeness (QED) is 0.484. The van der Waals surface area contributed by atoms with Crippen LogP contribution in [0.1, 0.15) is 6.92 Å². The molecule has 0 bridgehead atoms. The van der Waals surface area contributed by atoms with E-state index < -0.39 is 0 Å². The molecule has 0 heterocycles. The van der Waals surface area contributed by atoms with Gasteiger partial charge in [-0.15, -0.1) is 3.98 Å². The van der Waals surface area contributed by atoms with Crippen LogP contribution in [0.4, 0.5) is 3.98 Å². The van der Waals surface area contributed by atoms with Crippen LogP contribution in [0.2, 0.25) is 0 Å². The van der Waals surface area contributed by atoms with E-state index in [4.69, 9.17) is 9.09 Å². The molecule has 0 amide bonds. The lowest BCUT2D eigenvalue weighted by molar-refractivity contribution is 0.318. The lowest BCUT2D eigenvalue weighted by Crippen LogP contribution is -1.57. The van der Waals surface area contributed by atoms with Crippen LogP contribution in [0.5, 0.6) is 0 Å². The van der Waals surface area contributed by atoms with Gasteiger partial charge in [0.15, 0.2) is 0 Å². The van der Waals surface area contributed by atoms with Crippen molar-refractivity contribution in [2.75, 3.05) is 6.61 Å². The minimum absolute atomic E-state index is 0.250. The van der Waals surface area contributed by atoms with E-state index in [1.165, 1.54) is 0 Å². The first-order valence-electron chi connectivity index (χ1n) is 1.17. The number of rotatable bonds is 0. The Morgan fingerprint density at radius 2 is 1.80 bits per heavy atom. The molecule has 0 rings (SSSR count). The Hall–Kier alpha value is 0.180. The molecule has 0 saturated heterocycles. The second-order valence-electron chi connectivity index (χ2n) is 0.316. The van der Waals surface area contributed by atoms with Gasteiger partial charge in [0.1, 0.15) is 12.0 Å². The number of hydrogen-bond donors (Lipinski definition) is 1. The maximum Gasteiger partial charge on any atom is 0.116 e. The summed E-state index contributed by atoms with van der Waals surface area (Å²) in [6.45, 7) is 1.93. The summed E-state index contributed by atoms with van der Waals surface area (Å²) in [6.07, 6.45) is 0. The van der Waals surface area contributed by atoms with Gasteiger partial charge in [0.05, 0.1) is 0 Å². The van der Waals surface area contributed by atoms with Gasteiger partial charge in [0, 0.05) is 6.61 Å². The second kappa shape index (κ2) is 30.4. The van der Waals surface area contributed by atoms with Crippen molar-refractivity contribution >= 4 is 12.0 Å². The zero-order valence-corrected chi connectivity index (χ0v) is 3.67. The third-order valence-electron chi connectivity index (χ3n) is 0. The monoisotopic (exact) mass is 100 g/mol. The minimum atomic E-state index is 0.250. The summed E-state index contributed by atoms with van der Waals surface area (Å²) in [5.74, 6) is 0. The van der Waals surface area contributed by atoms with Crippen LogP contribution in [0.25, 0.3) is 0 Å². The fourth-order valence-corrected chi connectivity index (χ4v) is 0. The number of aliphatic hydroxyl groups is 1. The molecule has 0 spiro atoms. The minimum Gasteiger partial charge on any atom is -0.397 e. The first kappa shape index (κ1) is 8.95. The van der Waals surface area contributed by atoms with Crippen LogP contribution in [0, 0.1) is 0 Å². The molecule has 0 radical (unpaired) electrons. The van der Waals surface area contributed by atoms with Gasteiger partial charge in [0.2, 0.25) is 0 Å². The van der Waals surface area contributed by atoms with E-state index in [9.17, 15) is 0 Å². The average molecular weight is 101 g/mol. The summed E-state index contributed by atoms with van der Waals surface area (Å²) in [5, 5.41) is 7.57. The predicted molar refractivity (Wildman–Crippen MR) is 19.7 cm³/mol. The highest BCUT2D eigenvalue weighted by molar-refractivity contribution is 6.06. The molecule has 0 unspecified atom stereocenters. The standard InChI is InChI=1S/C2H6O.ClF/c1-2-3;1-2/h3H,2H2,1H3;. The Bertz CT molecular complexity index is 9.61. The zero-order chi connectivity index (χ0) is 4.71. The van der Waals surface area contributed by atoms with Crippen molar-refractivity contribution in [3.8, 4) is 0 Å². The third kappa shape index (κ3) is 613. The van der Waals surface area contributed by atoms with Gasteiger partial charge in [-0.1, -0.05) is 0 Å². The van der Waals surface area contributed by atoms with Crippen molar-refractivity contribution < 1.29 is 9.09 Å². The smallest absolute Gasteiger partial charge is 0.116 e. The van der Waals surface area contributed by atoms with E-state index in [0.29, 0.717) is 0 Å². The molecule has 0 aliphatic heterocycles. The summed E-state index contributed by atoms with van der Waals surface area (Å²) in [7, 11) is 0. The number of hydrogen-bond acceptors (Lipinski definition) is 1. The van der Waals surface area contributed by atoms with Gasteiger partial charge in [-0.3, -0.25) is 0 Å². The van der Waals surface area contributed by atoms with E-state index in [2.05, 4.69) is 12.0 Å². The van der Waals surface area contributed by atoms with E-state index in [1.54, 1.807) is 6.92 Å². The molecular formula is C2H6ClFO. The molecule has 3 heteroatoms. The Morgan fingerprint density at radius 1 is 1.80 bits per heavy atom. The average Bonchev–Trinajstić information content (AvgIpc) is 1.46. The fourth-order valence-electron chi connectivity index (χ4n) is 0. The normalized spacial score (nSPS) is 4.80. The molecular weight excluding hydrogens is 94.5 g/mol. The first-order valence-corrected chi connectivity index (χ1v) is 1.45. The summed E-state index contributed by atoms with van der Waals surface area (Å²) in [4.78, 5) is 0. The SMILES string of the molecule is CCO.FCl. The molecule has 0 saturated carbocycles. The number of aliphatic hydroxyl groups excluding tert-OH is 1. The molecule has 5 heavy (non-hydrogen) atoms. The van der Waals surface area contributed by atoms with Gasteiger partial charge in [0.25, 0.3) is 0 Å². The molecule has 34 valence electrons. The fraction of sp³-hybridized carbons (Fsp3) is 1.00. The third-order valence-corrected chi connectivity index (χ3v) is 0. The van der Waals surface area contributed by atoms with Crippen LogP contribution in [-0.4, -0.2) is 11.7 Å². The van der Waals surface area contributed by atoms with Crippen LogP contribution in [-0.2, 0) is 0 Å². The highest BCUT2D eigenvalue weighted by atomic mass is 35.5. The van der Waals surface area contributed by atoms with Gasteiger partial charge in [-0.25, -0.2) is 0 Å². The van der Waals surface area contributed by atoms with Crippen LogP contribution in [0.3, 0.4) is 0 Å². The molecule has 0 atom stereocenters. The van der Waals surface area contributed by atoms with Gasteiger partial charge in [-0.05, 0) is 6.92 Å². The molecule has 0 aliphatic carbocycles. The van der Waals surface area contributed by atoms with Crippen LogP contribution in [0.15, 0.2) is 0 Å². The number of halogens is 2. The lowest BCUT2D eigenvalue weighted by atomic mass is 10.9. The molecule has 0 fully saturated rings. The second-order valence-corrected chi connectivity index (χ2v) is 0.316. The van der Waals surface area contributed by atoms with Crippen molar-refractivity contribution in [1.82, 2.24) is 0 Å². The Labute approximate surface area is 35.6 Å². The maximum absolute atomic E-state index is 8.97. The summed E-state index contributed by atoms with van der Waals surface area (Å²) in [6, 6.07) is 0. The Balaban J connectivity index is 0. The van der Waals surface area contributed by atoms with E-state index in [0.717, 1.165) is 0 Å². The zero-order valence-electron chi connectivity index (χ0n) is 2.91. The van der Waals surface area contributed by atoms with Gasteiger partial charge in [-0.2, -0.15) is 0 Å². The topological polar surface area (TPSA) is 20.2 Å². The summed E-state index contributed by atoms with van der Waals surface area (Å²) >= 11 is 3.14. The van der Waals surface area contributed by atoms with Gasteiger partial charge < -0.3 is 5.11 Å². The molecule has 0 aromatic rings. The summed E-state index contributed by atoms with van der Waals surface area (Å²) in [5.41, 5.74) is 0. The van der Waals surface area contributed by atoms with E-state index >= 15 is 0 Å². The molecule has 0 aromatic carbocycles. The van der Waals surface area contributed by atoms with E-state index in [1.807, 2.05) is 0 Å². The van der Waals surface area contributed by atoms with Crippen molar-refractivity contribution in [2.24, 2.45) is 0 Å². The molecule has 0 aromatic heterocycles. The molecule has 0 aliphatic rings. The summed E-state index contributed by atoms with van der Waals surface area (Å²) < 4.78 is 8.97. The van der Waals surface area contributed by atoms with E-state index in [-0.39, 0.29) is 6.61 Å². The largest absolute Gasteiger partial charge is 0.397 e. The van der Waals surface area contributed by atoms with Crippen molar-refractivity contribution in [1.29, 1.82) is 0 Å². The highest BCUT2D eigenvalue weighted by Crippen LogP contribution is 1.56. The maximum atomic E-state index is 8.97. The van der Waals surface area contributed by atoms with Crippen molar-refractivity contribution in [2.45, 2.75) is 6.92 Å². The lowest BCUT2D eigenvalue weighted by Gasteiger charge is -1.52. The molecule has 1 nitrogen and oxygen atoms in total. The first-order chi connectivity index (χ1) is 2.41. The van der Waals surface area contributed by atoms with Crippen molar-refractivity contribution in [3.05, 3.63) is 0 Å². The van der Waals surface area contributed by atoms with Gasteiger partial charge >= 0.3 is 0 Å².